The van der Waals surface area contributed by atoms with Crippen LogP contribution in [0.25, 0.3) is 0 Å². The smallest absolute Gasteiger partial charge is 0.409 e. The molecule has 0 bridgehead atoms. The van der Waals surface area contributed by atoms with Gasteiger partial charge in [-0.05, 0) is 25.1 Å². The molecule has 24 heavy (non-hydrogen) atoms. The fraction of sp³-hybridized carbons (Fsp3) is 0.500. The third kappa shape index (κ3) is 5.54. The maximum atomic E-state index is 12.0. The lowest BCUT2D eigenvalue weighted by molar-refractivity contribution is -0.116. The zero-order valence-electron chi connectivity index (χ0n) is 13.6. The Bertz CT molecular complexity index is 590. The van der Waals surface area contributed by atoms with Gasteiger partial charge >= 0.3 is 6.09 Å². The Kier molecular flexibility index (Phi) is 7.15. The molecule has 0 aromatic heterocycles. The number of carbonyl (C=O) groups is 2. The summed E-state index contributed by atoms with van der Waals surface area (Å²) in [6, 6.07) is 4.95. The summed E-state index contributed by atoms with van der Waals surface area (Å²) in [6.07, 6.45) is 0.0884. The number of anilines is 1. The Morgan fingerprint density at radius 3 is 2.54 bits per heavy atom. The van der Waals surface area contributed by atoms with E-state index >= 15 is 0 Å². The molecule has 1 heterocycles. The van der Waals surface area contributed by atoms with E-state index in [9.17, 15) is 9.59 Å². The van der Waals surface area contributed by atoms with Gasteiger partial charge in [-0.3, -0.25) is 9.69 Å². The number of rotatable bonds is 5. The highest BCUT2D eigenvalue weighted by atomic mass is 35.5. The molecule has 1 aromatic carbocycles. The monoisotopic (exact) mass is 373 g/mol. The number of ether oxygens (including phenoxy) is 1. The van der Waals surface area contributed by atoms with E-state index in [1.807, 2.05) is 0 Å². The summed E-state index contributed by atoms with van der Waals surface area (Å²) in [6.45, 7) is 5.49. The molecule has 0 saturated carbocycles. The first-order valence-electron chi connectivity index (χ1n) is 7.88. The highest BCUT2D eigenvalue weighted by molar-refractivity contribution is 6.36. The number of nitrogens with zero attached hydrogens (tertiary/aromatic N) is 2. The predicted octanol–water partition coefficient (Wildman–Crippen LogP) is 3.10. The Morgan fingerprint density at radius 2 is 1.92 bits per heavy atom. The first-order valence-corrected chi connectivity index (χ1v) is 8.64. The molecule has 1 fully saturated rings. The van der Waals surface area contributed by atoms with E-state index in [2.05, 4.69) is 10.2 Å². The van der Waals surface area contributed by atoms with Crippen LogP contribution in [-0.4, -0.2) is 61.1 Å². The number of carbonyl (C=O) groups excluding carboxylic acids is 2. The molecule has 2 rings (SSSR count). The molecule has 0 atom stereocenters. The topological polar surface area (TPSA) is 61.9 Å². The molecule has 0 unspecified atom stereocenters. The van der Waals surface area contributed by atoms with Crippen molar-refractivity contribution in [3.8, 4) is 0 Å². The minimum Gasteiger partial charge on any atom is -0.450 e. The zero-order chi connectivity index (χ0) is 17.5. The number of benzene rings is 1. The SMILES string of the molecule is CCOC(=O)N1CCN(CCC(=O)Nc2ccc(Cl)cc2Cl)CC1. The van der Waals surface area contributed by atoms with Crippen molar-refractivity contribution in [2.24, 2.45) is 0 Å². The molecule has 0 aliphatic carbocycles. The molecule has 1 aromatic rings. The lowest BCUT2D eigenvalue weighted by Crippen LogP contribution is -2.49. The van der Waals surface area contributed by atoms with Crippen LogP contribution in [0.15, 0.2) is 18.2 Å². The van der Waals surface area contributed by atoms with Gasteiger partial charge in [-0.2, -0.15) is 0 Å². The molecule has 1 saturated heterocycles. The van der Waals surface area contributed by atoms with Gasteiger partial charge in [-0.1, -0.05) is 23.2 Å². The van der Waals surface area contributed by atoms with Crippen molar-refractivity contribution in [2.45, 2.75) is 13.3 Å². The third-order valence-electron chi connectivity index (χ3n) is 3.76. The van der Waals surface area contributed by atoms with Crippen LogP contribution in [0.4, 0.5) is 10.5 Å². The largest absolute Gasteiger partial charge is 0.450 e. The second-order valence-electron chi connectivity index (χ2n) is 5.45. The average Bonchev–Trinajstić information content (AvgIpc) is 2.56. The van der Waals surface area contributed by atoms with Gasteiger partial charge in [-0.15, -0.1) is 0 Å². The van der Waals surface area contributed by atoms with Crippen LogP contribution in [0.5, 0.6) is 0 Å². The van der Waals surface area contributed by atoms with E-state index in [4.69, 9.17) is 27.9 Å². The summed E-state index contributed by atoms with van der Waals surface area (Å²) >= 11 is 11.9. The summed E-state index contributed by atoms with van der Waals surface area (Å²) < 4.78 is 4.98. The van der Waals surface area contributed by atoms with E-state index in [1.54, 1.807) is 30.0 Å². The normalized spacial score (nSPS) is 15.2. The van der Waals surface area contributed by atoms with Crippen molar-refractivity contribution in [1.82, 2.24) is 9.80 Å². The van der Waals surface area contributed by atoms with Crippen LogP contribution in [0.2, 0.25) is 10.0 Å². The van der Waals surface area contributed by atoms with Gasteiger partial charge in [0, 0.05) is 44.2 Å². The third-order valence-corrected chi connectivity index (χ3v) is 4.31. The molecular formula is C16H21Cl2N3O3. The van der Waals surface area contributed by atoms with Gasteiger partial charge < -0.3 is 15.0 Å². The van der Waals surface area contributed by atoms with Crippen LogP contribution in [0.1, 0.15) is 13.3 Å². The molecule has 132 valence electrons. The minimum atomic E-state index is -0.271. The average molecular weight is 374 g/mol. The van der Waals surface area contributed by atoms with Crippen LogP contribution in [0, 0.1) is 0 Å². The second-order valence-corrected chi connectivity index (χ2v) is 6.29. The first kappa shape index (κ1) is 18.8. The molecule has 8 heteroatoms. The zero-order valence-corrected chi connectivity index (χ0v) is 15.1. The standard InChI is InChI=1S/C16H21Cl2N3O3/c1-2-24-16(23)21-9-7-20(8-10-21)6-5-15(22)19-14-4-3-12(17)11-13(14)18/h3-4,11H,2,5-10H2,1H3,(H,19,22). The quantitative estimate of drug-likeness (QED) is 0.861. The van der Waals surface area contributed by atoms with E-state index < -0.39 is 0 Å². The van der Waals surface area contributed by atoms with Crippen molar-refractivity contribution in [3.63, 3.8) is 0 Å². The summed E-state index contributed by atoms with van der Waals surface area (Å²) in [4.78, 5) is 27.5. The van der Waals surface area contributed by atoms with Crippen LogP contribution >= 0.6 is 23.2 Å². The fourth-order valence-electron chi connectivity index (χ4n) is 2.43. The van der Waals surface area contributed by atoms with Gasteiger partial charge in [0.2, 0.25) is 5.91 Å². The molecule has 1 N–H and O–H groups in total. The van der Waals surface area contributed by atoms with Gasteiger partial charge in [-0.25, -0.2) is 4.79 Å². The Hall–Kier alpha value is -1.50. The number of hydrogen-bond donors (Lipinski definition) is 1. The predicted molar refractivity (Wildman–Crippen MR) is 94.7 cm³/mol. The number of amides is 2. The highest BCUT2D eigenvalue weighted by Gasteiger charge is 2.22. The lowest BCUT2D eigenvalue weighted by Gasteiger charge is -2.33. The molecule has 1 aliphatic rings. The van der Waals surface area contributed by atoms with Crippen LogP contribution in [0.3, 0.4) is 0 Å². The summed E-state index contributed by atoms with van der Waals surface area (Å²) in [5.74, 6) is -0.105. The van der Waals surface area contributed by atoms with E-state index in [-0.39, 0.29) is 12.0 Å². The summed E-state index contributed by atoms with van der Waals surface area (Å²) in [5.41, 5.74) is 0.554. The van der Waals surface area contributed by atoms with Crippen molar-refractivity contribution in [3.05, 3.63) is 28.2 Å². The Morgan fingerprint density at radius 1 is 1.21 bits per heavy atom. The van der Waals surface area contributed by atoms with E-state index in [1.165, 1.54) is 0 Å². The minimum absolute atomic E-state index is 0.105. The number of nitrogens with one attached hydrogen (secondary N) is 1. The fourth-order valence-corrected chi connectivity index (χ4v) is 2.89. The van der Waals surface area contributed by atoms with Gasteiger partial charge in [0.1, 0.15) is 0 Å². The maximum Gasteiger partial charge on any atom is 0.409 e. The van der Waals surface area contributed by atoms with E-state index in [0.29, 0.717) is 48.4 Å². The molecule has 0 radical (unpaired) electrons. The molecule has 0 spiro atoms. The van der Waals surface area contributed by atoms with E-state index in [0.717, 1.165) is 13.1 Å². The number of piperazine rings is 1. The van der Waals surface area contributed by atoms with Gasteiger partial charge in [0.15, 0.2) is 0 Å². The van der Waals surface area contributed by atoms with Crippen LogP contribution in [-0.2, 0) is 9.53 Å². The Balaban J connectivity index is 1.72. The van der Waals surface area contributed by atoms with Crippen molar-refractivity contribution in [1.29, 1.82) is 0 Å². The molecular weight excluding hydrogens is 353 g/mol. The highest BCUT2D eigenvalue weighted by Crippen LogP contribution is 2.25. The lowest BCUT2D eigenvalue weighted by atomic mass is 10.2. The maximum absolute atomic E-state index is 12.0. The number of hydrogen-bond acceptors (Lipinski definition) is 4. The van der Waals surface area contributed by atoms with Crippen molar-refractivity contribution < 1.29 is 14.3 Å². The second kappa shape index (κ2) is 9.11. The van der Waals surface area contributed by atoms with Crippen LogP contribution < -0.4 is 5.32 Å². The van der Waals surface area contributed by atoms with Crippen molar-refractivity contribution in [2.75, 3.05) is 44.6 Å². The number of halogens is 2. The molecule has 6 nitrogen and oxygen atoms in total. The van der Waals surface area contributed by atoms with Gasteiger partial charge in [0.25, 0.3) is 0 Å². The summed E-state index contributed by atoms with van der Waals surface area (Å²) in [5, 5.41) is 3.72. The molecule has 2 amide bonds. The molecule has 1 aliphatic heterocycles. The van der Waals surface area contributed by atoms with Gasteiger partial charge in [0.05, 0.1) is 17.3 Å². The first-order chi connectivity index (χ1) is 11.5. The Labute approximate surface area is 151 Å². The van der Waals surface area contributed by atoms with Crippen molar-refractivity contribution >= 4 is 40.9 Å². The summed E-state index contributed by atoms with van der Waals surface area (Å²) in [7, 11) is 0.